The van der Waals surface area contributed by atoms with Gasteiger partial charge in [0.15, 0.2) is 0 Å². The molecule has 164 valence electrons. The van der Waals surface area contributed by atoms with E-state index in [1.54, 1.807) is 0 Å². The third-order valence-electron chi connectivity index (χ3n) is 6.24. The van der Waals surface area contributed by atoms with E-state index in [4.69, 9.17) is 9.72 Å². The van der Waals surface area contributed by atoms with Crippen LogP contribution in [0.1, 0.15) is 45.2 Å². The molecule has 0 radical (unpaired) electrons. The Balaban J connectivity index is 1.69. The van der Waals surface area contributed by atoms with Crippen molar-refractivity contribution in [2.45, 2.75) is 52.7 Å². The van der Waals surface area contributed by atoms with Gasteiger partial charge in [0.25, 0.3) is 0 Å². The van der Waals surface area contributed by atoms with Crippen molar-refractivity contribution in [1.82, 2.24) is 9.88 Å². The van der Waals surface area contributed by atoms with E-state index in [1.165, 1.54) is 33.7 Å². The summed E-state index contributed by atoms with van der Waals surface area (Å²) in [5.74, 6) is 0.898. The Morgan fingerprint density at radius 3 is 2.47 bits per heavy atom. The molecule has 0 saturated carbocycles. The molecule has 32 heavy (non-hydrogen) atoms. The fourth-order valence-electron chi connectivity index (χ4n) is 4.95. The van der Waals surface area contributed by atoms with Crippen molar-refractivity contribution in [2.75, 3.05) is 13.1 Å². The maximum Gasteiger partial charge on any atom is 0.120 e. The Kier molecular flexibility index (Phi) is 5.38. The normalized spacial score (nSPS) is 14.6. The van der Waals surface area contributed by atoms with Crippen molar-refractivity contribution in [3.05, 3.63) is 71.8 Å². The van der Waals surface area contributed by atoms with Gasteiger partial charge in [0.2, 0.25) is 0 Å². The van der Waals surface area contributed by atoms with Gasteiger partial charge in [0, 0.05) is 24.0 Å². The maximum atomic E-state index is 6.04. The highest BCUT2D eigenvalue weighted by molar-refractivity contribution is 6.09. The van der Waals surface area contributed by atoms with Crippen LogP contribution in [0.3, 0.4) is 0 Å². The Labute approximate surface area is 191 Å². The molecular formula is C29H32N2O. The summed E-state index contributed by atoms with van der Waals surface area (Å²) in [6.07, 6.45) is 2.24. The van der Waals surface area contributed by atoms with Crippen molar-refractivity contribution in [3.63, 3.8) is 0 Å². The lowest BCUT2D eigenvalue weighted by molar-refractivity contribution is 0.131. The molecule has 2 heterocycles. The zero-order valence-corrected chi connectivity index (χ0v) is 19.6. The second-order valence-corrected chi connectivity index (χ2v) is 9.86. The molecule has 3 heteroatoms. The first-order chi connectivity index (χ1) is 15.4. The summed E-state index contributed by atoms with van der Waals surface area (Å²) >= 11 is 0. The summed E-state index contributed by atoms with van der Waals surface area (Å²) in [6, 6.07) is 21.6. The molecule has 0 fully saturated rings. The van der Waals surface area contributed by atoms with Crippen LogP contribution in [-0.4, -0.2) is 28.6 Å². The van der Waals surface area contributed by atoms with Crippen molar-refractivity contribution in [2.24, 2.45) is 0 Å². The molecule has 1 aliphatic rings. The number of benzene rings is 3. The Morgan fingerprint density at radius 1 is 0.938 bits per heavy atom. The van der Waals surface area contributed by atoms with E-state index in [1.807, 2.05) is 0 Å². The van der Waals surface area contributed by atoms with E-state index in [9.17, 15) is 0 Å². The first-order valence-corrected chi connectivity index (χ1v) is 11.8. The topological polar surface area (TPSA) is 25.4 Å². The smallest absolute Gasteiger partial charge is 0.120 e. The van der Waals surface area contributed by atoms with Crippen LogP contribution >= 0.6 is 0 Å². The van der Waals surface area contributed by atoms with Gasteiger partial charge < -0.3 is 4.74 Å². The van der Waals surface area contributed by atoms with Gasteiger partial charge in [-0.25, -0.2) is 4.98 Å². The Hall–Kier alpha value is -2.91. The van der Waals surface area contributed by atoms with Gasteiger partial charge in [-0.1, -0.05) is 37.3 Å². The number of pyridine rings is 1. The van der Waals surface area contributed by atoms with Crippen LogP contribution in [0.25, 0.3) is 32.9 Å². The zero-order chi connectivity index (χ0) is 22.3. The minimum Gasteiger partial charge on any atom is -0.488 e. The monoisotopic (exact) mass is 424 g/mol. The SMILES string of the molecule is CCCN1CCc2c(c(-c3ccc(OC(C)(C)C)cc3)nc3ccc4ccccc4c23)C1. The third kappa shape index (κ3) is 3.98. The second kappa shape index (κ2) is 8.22. The van der Waals surface area contributed by atoms with Gasteiger partial charge in [-0.05, 0) is 92.4 Å². The van der Waals surface area contributed by atoms with Gasteiger partial charge >= 0.3 is 0 Å². The molecule has 0 saturated heterocycles. The van der Waals surface area contributed by atoms with Crippen LogP contribution in [-0.2, 0) is 13.0 Å². The van der Waals surface area contributed by atoms with Gasteiger partial charge in [0.1, 0.15) is 11.4 Å². The van der Waals surface area contributed by atoms with E-state index < -0.39 is 0 Å². The molecule has 3 aromatic carbocycles. The Morgan fingerprint density at radius 2 is 1.72 bits per heavy atom. The van der Waals surface area contributed by atoms with E-state index in [2.05, 4.69) is 93.3 Å². The third-order valence-corrected chi connectivity index (χ3v) is 6.24. The van der Waals surface area contributed by atoms with Crippen LogP contribution in [0.4, 0.5) is 0 Å². The molecule has 0 spiro atoms. The second-order valence-electron chi connectivity index (χ2n) is 9.86. The molecule has 0 atom stereocenters. The van der Waals surface area contributed by atoms with Gasteiger partial charge in [-0.3, -0.25) is 4.90 Å². The quantitative estimate of drug-likeness (QED) is 0.330. The number of hydrogen-bond donors (Lipinski definition) is 0. The fraction of sp³-hybridized carbons (Fsp3) is 0.345. The first-order valence-electron chi connectivity index (χ1n) is 11.8. The number of aromatic nitrogens is 1. The van der Waals surface area contributed by atoms with E-state index >= 15 is 0 Å². The predicted octanol–water partition coefficient (Wildman–Crippen LogP) is 7.00. The summed E-state index contributed by atoms with van der Waals surface area (Å²) in [5.41, 5.74) is 6.03. The molecule has 3 nitrogen and oxygen atoms in total. The molecule has 1 aromatic heterocycles. The highest BCUT2D eigenvalue weighted by Crippen LogP contribution is 2.37. The highest BCUT2D eigenvalue weighted by atomic mass is 16.5. The molecular weight excluding hydrogens is 392 g/mol. The number of rotatable bonds is 4. The highest BCUT2D eigenvalue weighted by Gasteiger charge is 2.24. The molecule has 0 aliphatic carbocycles. The van der Waals surface area contributed by atoms with Crippen LogP contribution < -0.4 is 4.74 Å². The molecule has 4 aromatic rings. The largest absolute Gasteiger partial charge is 0.488 e. The van der Waals surface area contributed by atoms with Crippen LogP contribution in [0.15, 0.2) is 60.7 Å². The fourth-order valence-corrected chi connectivity index (χ4v) is 4.95. The van der Waals surface area contributed by atoms with E-state index in [-0.39, 0.29) is 5.60 Å². The molecule has 1 aliphatic heterocycles. The van der Waals surface area contributed by atoms with E-state index in [0.717, 1.165) is 48.6 Å². The predicted molar refractivity (Wildman–Crippen MR) is 134 cm³/mol. The first kappa shape index (κ1) is 21.0. The van der Waals surface area contributed by atoms with Crippen LogP contribution in [0.5, 0.6) is 5.75 Å². The molecule has 5 rings (SSSR count). The van der Waals surface area contributed by atoms with Crippen molar-refractivity contribution in [1.29, 1.82) is 0 Å². The standard InChI is InChI=1S/C29H32N2O/c1-5-17-31-18-16-24-25(19-31)28(21-10-13-22(14-11-21)32-29(2,3)4)30-26-15-12-20-8-6-7-9-23(20)27(24)26/h6-15H,5,16-19H2,1-4H3. The summed E-state index contributed by atoms with van der Waals surface area (Å²) in [5, 5.41) is 3.94. The van der Waals surface area contributed by atoms with E-state index in [0.29, 0.717) is 0 Å². The average Bonchev–Trinajstić information content (AvgIpc) is 2.78. The summed E-state index contributed by atoms with van der Waals surface area (Å²) in [4.78, 5) is 7.81. The van der Waals surface area contributed by atoms with Crippen LogP contribution in [0.2, 0.25) is 0 Å². The molecule has 0 bridgehead atoms. The lowest BCUT2D eigenvalue weighted by atomic mass is 9.89. The lowest BCUT2D eigenvalue weighted by Crippen LogP contribution is -2.32. The minimum atomic E-state index is -0.205. The minimum absolute atomic E-state index is 0.205. The molecule has 0 N–H and O–H groups in total. The lowest BCUT2D eigenvalue weighted by Gasteiger charge is -2.31. The van der Waals surface area contributed by atoms with Crippen molar-refractivity contribution < 1.29 is 4.74 Å². The summed E-state index contributed by atoms with van der Waals surface area (Å²) < 4.78 is 6.04. The number of ether oxygens (including phenoxy) is 1. The van der Waals surface area contributed by atoms with Crippen molar-refractivity contribution in [3.8, 4) is 17.0 Å². The number of fused-ring (bicyclic) bond motifs is 5. The van der Waals surface area contributed by atoms with Crippen molar-refractivity contribution >= 4 is 21.7 Å². The molecule has 0 unspecified atom stereocenters. The summed E-state index contributed by atoms with van der Waals surface area (Å²) in [6.45, 7) is 11.7. The van der Waals surface area contributed by atoms with Gasteiger partial charge in [0.05, 0.1) is 11.2 Å². The van der Waals surface area contributed by atoms with Gasteiger partial charge in [-0.15, -0.1) is 0 Å². The molecule has 0 amide bonds. The average molecular weight is 425 g/mol. The zero-order valence-electron chi connectivity index (χ0n) is 19.6. The number of nitrogens with zero attached hydrogens (tertiary/aromatic N) is 2. The summed E-state index contributed by atoms with van der Waals surface area (Å²) in [7, 11) is 0. The Bertz CT molecular complexity index is 1270. The number of hydrogen-bond acceptors (Lipinski definition) is 3. The van der Waals surface area contributed by atoms with Gasteiger partial charge in [-0.2, -0.15) is 0 Å². The van der Waals surface area contributed by atoms with Crippen LogP contribution in [0, 0.1) is 0 Å². The maximum absolute atomic E-state index is 6.04.